The molecule has 3 aromatic rings. The molecule has 1 atom stereocenters. The number of hydrogen-bond donors (Lipinski definition) is 2. The first-order valence-corrected chi connectivity index (χ1v) is 11.3. The van der Waals surface area contributed by atoms with Crippen molar-refractivity contribution in [3.05, 3.63) is 40.2 Å². The Balaban J connectivity index is 1.40. The predicted octanol–water partition coefficient (Wildman–Crippen LogP) is 3.37. The van der Waals surface area contributed by atoms with Crippen LogP contribution in [0.3, 0.4) is 0 Å². The number of thiophene rings is 1. The standard InChI is InChI=1S/C23H27N3O5S/c1-12-18-13(2)25-21(14-8-9-14)26-23(18)32-20(12)22(28)24-10-15(27)11-31-19-16(29-3)6-5-7-17(19)30-4/h5-7,14-15,27H,8-11H2,1-4H3,(H,24,28). The Labute approximate surface area is 190 Å². The molecule has 1 aromatic carbocycles. The summed E-state index contributed by atoms with van der Waals surface area (Å²) in [4.78, 5) is 23.6. The first-order valence-electron chi connectivity index (χ1n) is 10.5. The van der Waals surface area contributed by atoms with Gasteiger partial charge in [-0.2, -0.15) is 0 Å². The van der Waals surface area contributed by atoms with Gasteiger partial charge < -0.3 is 24.6 Å². The van der Waals surface area contributed by atoms with Crippen LogP contribution in [0.2, 0.25) is 0 Å². The third-order valence-electron chi connectivity index (χ3n) is 5.44. The third-order valence-corrected chi connectivity index (χ3v) is 6.62. The molecule has 4 rings (SSSR count). The summed E-state index contributed by atoms with van der Waals surface area (Å²) in [5.74, 6) is 2.50. The molecular weight excluding hydrogens is 430 g/mol. The van der Waals surface area contributed by atoms with E-state index in [9.17, 15) is 9.90 Å². The van der Waals surface area contributed by atoms with Gasteiger partial charge in [-0.1, -0.05) is 6.07 Å². The minimum Gasteiger partial charge on any atom is -0.493 e. The van der Waals surface area contributed by atoms with Crippen molar-refractivity contribution in [2.24, 2.45) is 0 Å². The van der Waals surface area contributed by atoms with Crippen molar-refractivity contribution in [2.75, 3.05) is 27.4 Å². The van der Waals surface area contributed by atoms with Gasteiger partial charge in [-0.05, 0) is 44.4 Å². The van der Waals surface area contributed by atoms with E-state index >= 15 is 0 Å². The van der Waals surface area contributed by atoms with Gasteiger partial charge in [-0.25, -0.2) is 9.97 Å². The summed E-state index contributed by atoms with van der Waals surface area (Å²) < 4.78 is 16.3. The second-order valence-electron chi connectivity index (χ2n) is 7.84. The number of rotatable bonds is 9. The van der Waals surface area contributed by atoms with Crippen LogP contribution in [0.1, 0.15) is 45.5 Å². The van der Waals surface area contributed by atoms with E-state index in [4.69, 9.17) is 14.2 Å². The fourth-order valence-electron chi connectivity index (χ4n) is 3.59. The summed E-state index contributed by atoms with van der Waals surface area (Å²) in [6, 6.07) is 5.28. The van der Waals surface area contributed by atoms with Gasteiger partial charge in [-0.3, -0.25) is 4.79 Å². The average molecular weight is 458 g/mol. The van der Waals surface area contributed by atoms with Crippen molar-refractivity contribution in [3.8, 4) is 17.2 Å². The highest BCUT2D eigenvalue weighted by Crippen LogP contribution is 2.40. The molecule has 0 bridgehead atoms. The minimum absolute atomic E-state index is 0.0300. The van der Waals surface area contributed by atoms with Crippen LogP contribution in [0.4, 0.5) is 0 Å². The van der Waals surface area contributed by atoms with E-state index in [1.807, 2.05) is 13.8 Å². The number of carbonyl (C=O) groups is 1. The van der Waals surface area contributed by atoms with E-state index in [0.717, 1.165) is 40.1 Å². The highest BCUT2D eigenvalue weighted by Gasteiger charge is 2.28. The summed E-state index contributed by atoms with van der Waals surface area (Å²) in [5.41, 5.74) is 1.77. The molecule has 2 heterocycles. The number of aromatic nitrogens is 2. The van der Waals surface area contributed by atoms with Crippen LogP contribution in [0.25, 0.3) is 10.2 Å². The van der Waals surface area contributed by atoms with Crippen molar-refractivity contribution < 1.29 is 24.1 Å². The molecule has 1 unspecified atom stereocenters. The maximum Gasteiger partial charge on any atom is 0.261 e. The van der Waals surface area contributed by atoms with Gasteiger partial charge in [-0.15, -0.1) is 11.3 Å². The van der Waals surface area contributed by atoms with E-state index in [0.29, 0.717) is 28.0 Å². The first-order chi connectivity index (χ1) is 15.4. The van der Waals surface area contributed by atoms with E-state index in [1.54, 1.807) is 18.2 Å². The zero-order valence-corrected chi connectivity index (χ0v) is 19.4. The lowest BCUT2D eigenvalue weighted by molar-refractivity contribution is 0.0836. The average Bonchev–Trinajstić information content (AvgIpc) is 3.59. The number of aryl methyl sites for hydroxylation is 2. The molecule has 0 radical (unpaired) electrons. The molecular formula is C23H27N3O5S. The Morgan fingerprint density at radius 1 is 1.22 bits per heavy atom. The number of nitrogens with zero attached hydrogens (tertiary/aromatic N) is 2. The minimum atomic E-state index is -0.911. The Bertz CT molecular complexity index is 1120. The maximum atomic E-state index is 12.8. The number of benzene rings is 1. The van der Waals surface area contributed by atoms with Crippen LogP contribution in [0.15, 0.2) is 18.2 Å². The van der Waals surface area contributed by atoms with Gasteiger partial charge in [0, 0.05) is 17.8 Å². The first kappa shape index (κ1) is 22.3. The van der Waals surface area contributed by atoms with Gasteiger partial charge in [0.15, 0.2) is 11.5 Å². The molecule has 0 spiro atoms. The lowest BCUT2D eigenvalue weighted by Crippen LogP contribution is -2.35. The fourth-order valence-corrected chi connectivity index (χ4v) is 4.74. The Morgan fingerprint density at radius 3 is 2.53 bits per heavy atom. The molecule has 0 saturated heterocycles. The van der Waals surface area contributed by atoms with E-state index < -0.39 is 6.10 Å². The number of amides is 1. The van der Waals surface area contributed by atoms with E-state index in [-0.39, 0.29) is 19.1 Å². The lowest BCUT2D eigenvalue weighted by atomic mass is 10.1. The molecule has 32 heavy (non-hydrogen) atoms. The van der Waals surface area contributed by atoms with Crippen LogP contribution in [0.5, 0.6) is 17.2 Å². The molecule has 9 heteroatoms. The second kappa shape index (κ2) is 9.30. The van der Waals surface area contributed by atoms with Crippen molar-refractivity contribution >= 4 is 27.5 Å². The molecule has 1 saturated carbocycles. The lowest BCUT2D eigenvalue weighted by Gasteiger charge is -2.17. The van der Waals surface area contributed by atoms with Crippen LogP contribution >= 0.6 is 11.3 Å². The van der Waals surface area contributed by atoms with Crippen molar-refractivity contribution in [2.45, 2.75) is 38.7 Å². The number of hydrogen-bond acceptors (Lipinski definition) is 8. The van der Waals surface area contributed by atoms with Crippen LogP contribution in [-0.4, -0.2) is 54.5 Å². The topological polar surface area (TPSA) is 103 Å². The summed E-state index contributed by atoms with van der Waals surface area (Å²) >= 11 is 1.37. The van der Waals surface area contributed by atoms with Crippen molar-refractivity contribution in [1.82, 2.24) is 15.3 Å². The van der Waals surface area contributed by atoms with Crippen molar-refractivity contribution in [1.29, 1.82) is 0 Å². The summed E-state index contributed by atoms with van der Waals surface area (Å²) in [5, 5.41) is 14.1. The molecule has 8 nitrogen and oxygen atoms in total. The molecule has 1 aliphatic carbocycles. The van der Waals surface area contributed by atoms with E-state index in [1.165, 1.54) is 25.6 Å². The number of aliphatic hydroxyl groups excluding tert-OH is 1. The molecule has 0 aliphatic heterocycles. The number of methoxy groups -OCH3 is 2. The monoisotopic (exact) mass is 457 g/mol. The molecule has 1 amide bonds. The molecule has 2 aromatic heterocycles. The largest absolute Gasteiger partial charge is 0.493 e. The molecule has 1 aliphatic rings. The predicted molar refractivity (Wildman–Crippen MR) is 122 cm³/mol. The smallest absolute Gasteiger partial charge is 0.261 e. The molecule has 170 valence electrons. The van der Waals surface area contributed by atoms with Gasteiger partial charge in [0.05, 0.1) is 24.8 Å². The zero-order valence-electron chi connectivity index (χ0n) is 18.6. The number of ether oxygens (including phenoxy) is 3. The Morgan fingerprint density at radius 2 is 1.91 bits per heavy atom. The van der Waals surface area contributed by atoms with Crippen LogP contribution < -0.4 is 19.5 Å². The van der Waals surface area contributed by atoms with Crippen molar-refractivity contribution in [3.63, 3.8) is 0 Å². The Hall–Kier alpha value is -2.91. The SMILES string of the molecule is COc1cccc(OC)c1OCC(O)CNC(=O)c1sc2nc(C3CC3)nc(C)c2c1C. The number of carbonyl (C=O) groups excluding carboxylic acids is 1. The van der Waals surface area contributed by atoms with Gasteiger partial charge in [0.2, 0.25) is 5.75 Å². The van der Waals surface area contributed by atoms with Gasteiger partial charge in [0.1, 0.15) is 23.4 Å². The highest BCUT2D eigenvalue weighted by atomic mass is 32.1. The normalized spacial score (nSPS) is 14.3. The van der Waals surface area contributed by atoms with Crippen LogP contribution in [-0.2, 0) is 0 Å². The van der Waals surface area contributed by atoms with Gasteiger partial charge >= 0.3 is 0 Å². The Kier molecular flexibility index (Phi) is 6.48. The number of fused-ring (bicyclic) bond motifs is 1. The second-order valence-corrected chi connectivity index (χ2v) is 8.84. The van der Waals surface area contributed by atoms with Crippen LogP contribution in [0, 0.1) is 13.8 Å². The maximum absolute atomic E-state index is 12.8. The number of para-hydroxylation sites is 1. The molecule has 1 fully saturated rings. The van der Waals surface area contributed by atoms with E-state index in [2.05, 4.69) is 15.3 Å². The fraction of sp³-hybridized carbons (Fsp3) is 0.435. The quantitative estimate of drug-likeness (QED) is 0.508. The number of aliphatic hydroxyl groups is 1. The third kappa shape index (κ3) is 4.49. The number of nitrogens with one attached hydrogen (secondary N) is 1. The summed E-state index contributed by atoms with van der Waals surface area (Å²) in [6.07, 6.45) is 1.35. The zero-order chi connectivity index (χ0) is 22.8. The summed E-state index contributed by atoms with van der Waals surface area (Å²) in [6.45, 7) is 3.89. The summed E-state index contributed by atoms with van der Waals surface area (Å²) in [7, 11) is 3.07. The highest BCUT2D eigenvalue weighted by molar-refractivity contribution is 7.20. The van der Waals surface area contributed by atoms with Gasteiger partial charge in [0.25, 0.3) is 5.91 Å². The molecule has 2 N–H and O–H groups in total.